The van der Waals surface area contributed by atoms with Crippen LogP contribution in [0.5, 0.6) is 0 Å². The summed E-state index contributed by atoms with van der Waals surface area (Å²) in [7, 11) is 0. The Balaban J connectivity index is 1.55. The van der Waals surface area contributed by atoms with E-state index in [4.69, 9.17) is 0 Å². The molecule has 4 N–H and O–H groups in total. The molecule has 2 aromatic rings. The summed E-state index contributed by atoms with van der Waals surface area (Å²) in [6, 6.07) is 2.38. The molecule has 132 valence electrons. The van der Waals surface area contributed by atoms with Gasteiger partial charge in [0, 0.05) is 29.4 Å². The Kier molecular flexibility index (Phi) is 3.17. The van der Waals surface area contributed by atoms with Gasteiger partial charge in [-0.15, -0.1) is 0 Å². The largest absolute Gasteiger partial charge is 0.411 e. The van der Waals surface area contributed by atoms with Crippen LogP contribution in [0.2, 0.25) is 0 Å². The Hall–Kier alpha value is -2.08. The summed E-state index contributed by atoms with van der Waals surface area (Å²) in [6.45, 7) is 1.79. The number of hydrogen-bond acceptors (Lipinski definition) is 5. The van der Waals surface area contributed by atoms with Gasteiger partial charge in [-0.3, -0.25) is 0 Å². The van der Waals surface area contributed by atoms with Crippen molar-refractivity contribution >= 4 is 22.4 Å². The lowest BCUT2D eigenvalue weighted by molar-refractivity contribution is -0.129. The number of anilines is 1. The van der Waals surface area contributed by atoms with E-state index in [1.807, 2.05) is 12.3 Å². The number of fused-ring (bicyclic) bond motifs is 1. The maximum Gasteiger partial charge on any atom is 0.139 e. The number of rotatable bonds is 3. The Morgan fingerprint density at radius 3 is 2.76 bits per heavy atom. The first-order valence-electron chi connectivity index (χ1n) is 9.20. The fourth-order valence-electron chi connectivity index (χ4n) is 5.88. The normalized spacial score (nSPS) is 37.0. The van der Waals surface area contributed by atoms with Crippen molar-refractivity contribution in [2.45, 2.75) is 50.7 Å². The van der Waals surface area contributed by atoms with E-state index in [2.05, 4.69) is 20.4 Å². The SMILES string of the molecule is CC(=NO)c1cnc2[nH]ccc2c1N[C@H]1C2CC3CC1C[C@@](O)(C3)C2. The van der Waals surface area contributed by atoms with Crippen LogP contribution >= 0.6 is 0 Å². The first-order chi connectivity index (χ1) is 12.1. The zero-order chi connectivity index (χ0) is 17.2. The van der Waals surface area contributed by atoms with E-state index < -0.39 is 5.60 Å². The van der Waals surface area contributed by atoms with Crippen molar-refractivity contribution in [2.75, 3.05) is 5.32 Å². The summed E-state index contributed by atoms with van der Waals surface area (Å²) in [5.41, 5.74) is 2.79. The molecule has 6 heteroatoms. The number of hydrogen-bond donors (Lipinski definition) is 4. The van der Waals surface area contributed by atoms with Gasteiger partial charge in [-0.2, -0.15) is 0 Å². The average Bonchev–Trinajstić information content (AvgIpc) is 3.04. The van der Waals surface area contributed by atoms with Crippen LogP contribution in [0.25, 0.3) is 11.0 Å². The topological polar surface area (TPSA) is 93.5 Å². The number of H-pyrrole nitrogens is 1. The second-order valence-corrected chi connectivity index (χ2v) is 8.34. The zero-order valence-electron chi connectivity index (χ0n) is 14.4. The summed E-state index contributed by atoms with van der Waals surface area (Å²) in [5, 5.41) is 28.3. The summed E-state index contributed by atoms with van der Waals surface area (Å²) in [5.74, 6) is 1.71. The van der Waals surface area contributed by atoms with E-state index in [0.717, 1.165) is 41.5 Å². The van der Waals surface area contributed by atoms with E-state index in [1.165, 1.54) is 12.8 Å². The third-order valence-electron chi connectivity index (χ3n) is 6.68. The maximum absolute atomic E-state index is 10.8. The minimum absolute atomic E-state index is 0.363. The predicted molar refractivity (Wildman–Crippen MR) is 96.0 cm³/mol. The monoisotopic (exact) mass is 340 g/mol. The number of nitrogens with zero attached hydrogens (tertiary/aromatic N) is 2. The highest BCUT2D eigenvalue weighted by atomic mass is 16.4. The highest BCUT2D eigenvalue weighted by Gasteiger charge is 2.54. The lowest BCUT2D eigenvalue weighted by atomic mass is 9.52. The summed E-state index contributed by atoms with van der Waals surface area (Å²) < 4.78 is 0. The van der Waals surface area contributed by atoms with Crippen molar-refractivity contribution in [3.63, 3.8) is 0 Å². The predicted octanol–water partition coefficient (Wildman–Crippen LogP) is 3.11. The van der Waals surface area contributed by atoms with Gasteiger partial charge in [-0.25, -0.2) is 4.98 Å². The van der Waals surface area contributed by atoms with Gasteiger partial charge in [0.2, 0.25) is 0 Å². The zero-order valence-corrected chi connectivity index (χ0v) is 14.4. The van der Waals surface area contributed by atoms with Gasteiger partial charge in [0.1, 0.15) is 5.65 Å². The van der Waals surface area contributed by atoms with Gasteiger partial charge in [-0.1, -0.05) is 5.16 Å². The second kappa shape index (κ2) is 5.21. The smallest absolute Gasteiger partial charge is 0.139 e. The van der Waals surface area contributed by atoms with Crippen LogP contribution in [0.4, 0.5) is 5.69 Å². The van der Waals surface area contributed by atoms with Crippen molar-refractivity contribution < 1.29 is 10.3 Å². The van der Waals surface area contributed by atoms with E-state index in [9.17, 15) is 10.3 Å². The van der Waals surface area contributed by atoms with Gasteiger partial charge in [0.15, 0.2) is 0 Å². The molecule has 2 atom stereocenters. The van der Waals surface area contributed by atoms with Crippen molar-refractivity contribution in [2.24, 2.45) is 22.9 Å². The minimum Gasteiger partial charge on any atom is -0.411 e. The van der Waals surface area contributed by atoms with Gasteiger partial charge >= 0.3 is 0 Å². The third-order valence-corrected chi connectivity index (χ3v) is 6.68. The Morgan fingerprint density at radius 1 is 1.32 bits per heavy atom. The fraction of sp³-hybridized carbons (Fsp3) is 0.579. The molecule has 25 heavy (non-hydrogen) atoms. The molecular formula is C19H24N4O2. The first kappa shape index (κ1) is 15.2. The molecule has 0 radical (unpaired) electrons. The number of oxime groups is 1. The van der Waals surface area contributed by atoms with Gasteiger partial charge < -0.3 is 20.6 Å². The van der Waals surface area contributed by atoms with E-state index >= 15 is 0 Å². The van der Waals surface area contributed by atoms with Gasteiger partial charge in [0.25, 0.3) is 0 Å². The first-order valence-corrected chi connectivity index (χ1v) is 9.20. The second-order valence-electron chi connectivity index (χ2n) is 8.34. The molecule has 6 rings (SSSR count). The summed E-state index contributed by atoms with van der Waals surface area (Å²) in [4.78, 5) is 7.60. The van der Waals surface area contributed by atoms with Crippen LogP contribution in [0, 0.1) is 17.8 Å². The van der Waals surface area contributed by atoms with E-state index in [1.54, 1.807) is 13.1 Å². The third kappa shape index (κ3) is 2.27. The highest BCUT2D eigenvalue weighted by Crippen LogP contribution is 2.56. The van der Waals surface area contributed by atoms with E-state index in [0.29, 0.717) is 29.5 Å². The molecule has 4 fully saturated rings. The molecule has 4 aliphatic carbocycles. The molecular weight excluding hydrogens is 316 g/mol. The van der Waals surface area contributed by atoms with Crippen molar-refractivity contribution in [3.05, 3.63) is 24.0 Å². The van der Waals surface area contributed by atoms with Crippen LogP contribution in [0.3, 0.4) is 0 Å². The molecule has 4 aliphatic rings. The average molecular weight is 340 g/mol. The molecule has 0 aliphatic heterocycles. The van der Waals surface area contributed by atoms with Crippen molar-refractivity contribution in [1.29, 1.82) is 0 Å². The van der Waals surface area contributed by atoms with Crippen molar-refractivity contribution in [3.8, 4) is 0 Å². The highest BCUT2D eigenvalue weighted by molar-refractivity contribution is 6.08. The van der Waals surface area contributed by atoms with Gasteiger partial charge in [0.05, 0.1) is 17.0 Å². The van der Waals surface area contributed by atoms with Crippen LogP contribution in [-0.2, 0) is 0 Å². The Labute approximate surface area is 146 Å². The molecule has 4 saturated carbocycles. The molecule has 6 nitrogen and oxygen atoms in total. The lowest BCUT2D eigenvalue weighted by Gasteiger charge is -2.58. The lowest BCUT2D eigenvalue weighted by Crippen LogP contribution is -2.59. The van der Waals surface area contributed by atoms with Crippen LogP contribution in [-0.4, -0.2) is 37.6 Å². The molecule has 2 heterocycles. The molecule has 0 saturated heterocycles. The Bertz CT molecular complexity index is 842. The summed E-state index contributed by atoms with van der Waals surface area (Å²) in [6.07, 6.45) is 8.87. The van der Waals surface area contributed by atoms with E-state index in [-0.39, 0.29) is 0 Å². The van der Waals surface area contributed by atoms with Crippen LogP contribution < -0.4 is 5.32 Å². The molecule has 0 spiro atoms. The van der Waals surface area contributed by atoms with Crippen LogP contribution in [0.15, 0.2) is 23.6 Å². The minimum atomic E-state index is -0.429. The molecule has 2 aromatic heterocycles. The molecule has 4 bridgehead atoms. The van der Waals surface area contributed by atoms with Gasteiger partial charge in [-0.05, 0) is 62.8 Å². The maximum atomic E-state index is 10.8. The number of aromatic nitrogens is 2. The molecule has 0 amide bonds. The molecule has 2 unspecified atom stereocenters. The number of aromatic amines is 1. The number of aliphatic hydroxyl groups is 1. The molecule has 0 aromatic carbocycles. The fourth-order valence-corrected chi connectivity index (χ4v) is 5.88. The standard InChI is InChI=1S/C19H24N4O2/c1-10(23-25)15-9-21-18-14(2-3-20-18)17(15)22-16-12-4-11-5-13(16)8-19(24,6-11)7-12/h2-3,9,11-13,16,24-25H,4-8H2,1H3,(H2,20,21,22)/t11?,12?,13?,16-,19+. The number of nitrogens with one attached hydrogen (secondary N) is 2. The Morgan fingerprint density at radius 2 is 2.08 bits per heavy atom. The van der Waals surface area contributed by atoms with Crippen LogP contribution in [0.1, 0.15) is 44.6 Å². The summed E-state index contributed by atoms with van der Waals surface area (Å²) >= 11 is 0. The number of pyridine rings is 1. The quantitative estimate of drug-likeness (QED) is 0.392. The van der Waals surface area contributed by atoms with Crippen molar-refractivity contribution in [1.82, 2.24) is 9.97 Å².